The van der Waals surface area contributed by atoms with Gasteiger partial charge in [0.1, 0.15) is 6.10 Å². The highest BCUT2D eigenvalue weighted by atomic mass is 79.9. The van der Waals surface area contributed by atoms with Gasteiger partial charge in [0.15, 0.2) is 0 Å². The number of halogens is 2. The summed E-state index contributed by atoms with van der Waals surface area (Å²) in [5.41, 5.74) is 0.784. The SMILES string of the molecule is COCC(O)c1ccc(Cl)cc1Br. The molecule has 0 amide bonds. The van der Waals surface area contributed by atoms with Crippen LogP contribution >= 0.6 is 27.5 Å². The number of hydrogen-bond donors (Lipinski definition) is 1. The maximum atomic E-state index is 9.59. The molecule has 0 aliphatic rings. The van der Waals surface area contributed by atoms with Crippen molar-refractivity contribution in [2.24, 2.45) is 0 Å². The van der Waals surface area contributed by atoms with Crippen molar-refractivity contribution < 1.29 is 9.84 Å². The largest absolute Gasteiger partial charge is 0.386 e. The van der Waals surface area contributed by atoms with E-state index < -0.39 is 6.10 Å². The molecule has 0 fully saturated rings. The van der Waals surface area contributed by atoms with Gasteiger partial charge in [0.2, 0.25) is 0 Å². The van der Waals surface area contributed by atoms with Crippen molar-refractivity contribution in [3.05, 3.63) is 33.3 Å². The van der Waals surface area contributed by atoms with Crippen molar-refractivity contribution in [2.45, 2.75) is 6.10 Å². The molecule has 1 unspecified atom stereocenters. The zero-order valence-electron chi connectivity index (χ0n) is 7.13. The summed E-state index contributed by atoms with van der Waals surface area (Å²) in [4.78, 5) is 0. The number of methoxy groups -OCH3 is 1. The Morgan fingerprint density at radius 2 is 2.31 bits per heavy atom. The molecule has 1 rings (SSSR count). The van der Waals surface area contributed by atoms with Crippen molar-refractivity contribution in [3.63, 3.8) is 0 Å². The lowest BCUT2D eigenvalue weighted by atomic mass is 10.1. The molecule has 2 nitrogen and oxygen atoms in total. The number of benzene rings is 1. The van der Waals surface area contributed by atoms with Gasteiger partial charge in [-0.05, 0) is 17.7 Å². The number of ether oxygens (including phenoxy) is 1. The summed E-state index contributed by atoms with van der Waals surface area (Å²) in [6.45, 7) is 0.278. The van der Waals surface area contributed by atoms with Crippen LogP contribution in [0.1, 0.15) is 11.7 Å². The molecule has 1 aromatic carbocycles. The Morgan fingerprint density at radius 3 is 2.85 bits per heavy atom. The van der Waals surface area contributed by atoms with E-state index in [1.165, 1.54) is 0 Å². The maximum Gasteiger partial charge on any atom is 0.103 e. The van der Waals surface area contributed by atoms with Gasteiger partial charge in [-0.3, -0.25) is 0 Å². The first-order valence-corrected chi connectivity index (χ1v) is 4.94. The van der Waals surface area contributed by atoms with Crippen LogP contribution in [0, 0.1) is 0 Å². The van der Waals surface area contributed by atoms with Gasteiger partial charge in [-0.25, -0.2) is 0 Å². The second kappa shape index (κ2) is 4.96. The van der Waals surface area contributed by atoms with Crippen molar-refractivity contribution in [1.82, 2.24) is 0 Å². The molecule has 0 spiro atoms. The molecule has 4 heteroatoms. The lowest BCUT2D eigenvalue weighted by Gasteiger charge is -2.11. The second-order valence-corrected chi connectivity index (χ2v) is 3.93. The summed E-state index contributed by atoms with van der Waals surface area (Å²) in [6, 6.07) is 5.26. The molecular weight excluding hydrogens is 255 g/mol. The Labute approximate surface area is 90.6 Å². The zero-order valence-corrected chi connectivity index (χ0v) is 9.47. The standard InChI is InChI=1S/C9H10BrClO2/c1-13-5-9(12)7-3-2-6(11)4-8(7)10/h2-4,9,12H,5H2,1H3. The average Bonchev–Trinajstić information content (AvgIpc) is 2.04. The fraction of sp³-hybridized carbons (Fsp3) is 0.333. The maximum absolute atomic E-state index is 9.59. The summed E-state index contributed by atoms with van der Waals surface area (Å²) in [5.74, 6) is 0. The Kier molecular flexibility index (Phi) is 4.19. The highest BCUT2D eigenvalue weighted by Gasteiger charge is 2.10. The Balaban J connectivity index is 2.88. The van der Waals surface area contributed by atoms with Gasteiger partial charge in [0, 0.05) is 16.6 Å². The molecule has 1 atom stereocenters. The molecule has 0 saturated heterocycles. The molecule has 0 heterocycles. The number of rotatable bonds is 3. The highest BCUT2D eigenvalue weighted by Crippen LogP contribution is 2.26. The number of hydrogen-bond acceptors (Lipinski definition) is 2. The number of aliphatic hydroxyl groups excluding tert-OH is 1. The van der Waals surface area contributed by atoms with E-state index in [1.54, 1.807) is 25.3 Å². The molecule has 0 bridgehead atoms. The minimum atomic E-state index is -0.614. The van der Waals surface area contributed by atoms with Crippen LogP contribution in [0.3, 0.4) is 0 Å². The summed E-state index contributed by atoms with van der Waals surface area (Å²) in [6.07, 6.45) is -0.614. The molecule has 72 valence electrons. The van der Waals surface area contributed by atoms with Crippen LogP contribution < -0.4 is 0 Å². The van der Waals surface area contributed by atoms with Gasteiger partial charge in [-0.2, -0.15) is 0 Å². The van der Waals surface area contributed by atoms with Crippen LogP contribution in [0.4, 0.5) is 0 Å². The fourth-order valence-corrected chi connectivity index (χ4v) is 1.97. The third-order valence-electron chi connectivity index (χ3n) is 1.65. The third-order valence-corrected chi connectivity index (χ3v) is 2.57. The van der Waals surface area contributed by atoms with E-state index in [0.29, 0.717) is 5.02 Å². The first-order valence-electron chi connectivity index (χ1n) is 3.77. The molecule has 0 aliphatic heterocycles. The van der Waals surface area contributed by atoms with Gasteiger partial charge in [0.25, 0.3) is 0 Å². The summed E-state index contributed by atoms with van der Waals surface area (Å²) in [7, 11) is 1.55. The van der Waals surface area contributed by atoms with Gasteiger partial charge in [-0.15, -0.1) is 0 Å². The van der Waals surface area contributed by atoms with E-state index in [1.807, 2.05) is 0 Å². The first kappa shape index (κ1) is 11.0. The third kappa shape index (κ3) is 2.95. The Hall–Kier alpha value is -0.0900. The lowest BCUT2D eigenvalue weighted by Crippen LogP contribution is -2.05. The molecule has 0 saturated carbocycles. The van der Waals surface area contributed by atoms with Crippen LogP contribution in [-0.2, 0) is 4.74 Å². The quantitative estimate of drug-likeness (QED) is 0.911. The molecule has 13 heavy (non-hydrogen) atoms. The van der Waals surface area contributed by atoms with Crippen LogP contribution in [0.5, 0.6) is 0 Å². The van der Waals surface area contributed by atoms with Gasteiger partial charge in [-0.1, -0.05) is 33.6 Å². The predicted octanol–water partition coefficient (Wildman–Crippen LogP) is 2.78. The fourth-order valence-electron chi connectivity index (χ4n) is 1.02. The monoisotopic (exact) mass is 264 g/mol. The van der Waals surface area contributed by atoms with Crippen molar-refractivity contribution in [2.75, 3.05) is 13.7 Å². The van der Waals surface area contributed by atoms with Crippen LogP contribution in [0.2, 0.25) is 5.02 Å². The van der Waals surface area contributed by atoms with E-state index >= 15 is 0 Å². The van der Waals surface area contributed by atoms with Gasteiger partial charge < -0.3 is 9.84 Å². The van der Waals surface area contributed by atoms with E-state index in [2.05, 4.69) is 15.9 Å². The van der Waals surface area contributed by atoms with E-state index in [9.17, 15) is 5.11 Å². The molecular formula is C9H10BrClO2. The molecule has 0 aromatic heterocycles. The van der Waals surface area contributed by atoms with E-state index in [4.69, 9.17) is 16.3 Å². The Morgan fingerprint density at radius 1 is 1.62 bits per heavy atom. The zero-order chi connectivity index (χ0) is 9.84. The molecule has 0 radical (unpaired) electrons. The van der Waals surface area contributed by atoms with Crippen molar-refractivity contribution in [3.8, 4) is 0 Å². The first-order chi connectivity index (χ1) is 6.15. The smallest absolute Gasteiger partial charge is 0.103 e. The molecule has 0 aliphatic carbocycles. The lowest BCUT2D eigenvalue weighted by molar-refractivity contribution is 0.0640. The van der Waals surface area contributed by atoms with Crippen LogP contribution in [0.15, 0.2) is 22.7 Å². The van der Waals surface area contributed by atoms with Gasteiger partial charge in [0.05, 0.1) is 6.61 Å². The van der Waals surface area contributed by atoms with E-state index in [-0.39, 0.29) is 6.61 Å². The van der Waals surface area contributed by atoms with Crippen LogP contribution in [0.25, 0.3) is 0 Å². The number of aliphatic hydroxyl groups is 1. The van der Waals surface area contributed by atoms with E-state index in [0.717, 1.165) is 10.0 Å². The topological polar surface area (TPSA) is 29.5 Å². The summed E-state index contributed by atoms with van der Waals surface area (Å²) in [5, 5.41) is 10.2. The normalized spacial score (nSPS) is 12.9. The Bertz CT molecular complexity index is 291. The van der Waals surface area contributed by atoms with Crippen molar-refractivity contribution >= 4 is 27.5 Å². The van der Waals surface area contributed by atoms with Crippen LogP contribution in [-0.4, -0.2) is 18.8 Å². The van der Waals surface area contributed by atoms with Crippen molar-refractivity contribution in [1.29, 1.82) is 0 Å². The summed E-state index contributed by atoms with van der Waals surface area (Å²) < 4.78 is 5.64. The average molecular weight is 266 g/mol. The molecule has 1 N–H and O–H groups in total. The minimum absolute atomic E-state index is 0.278. The summed E-state index contributed by atoms with van der Waals surface area (Å²) >= 11 is 9.07. The molecule has 1 aromatic rings. The predicted molar refractivity (Wildman–Crippen MR) is 56.0 cm³/mol. The minimum Gasteiger partial charge on any atom is -0.386 e. The second-order valence-electron chi connectivity index (χ2n) is 2.64. The van der Waals surface area contributed by atoms with Gasteiger partial charge >= 0.3 is 0 Å². The highest BCUT2D eigenvalue weighted by molar-refractivity contribution is 9.10.